The Hall–Kier alpha value is -2.89. The van der Waals surface area contributed by atoms with Crippen LogP contribution in [-0.4, -0.2) is 41.4 Å². The zero-order valence-electron chi connectivity index (χ0n) is 13.2. The molecular weight excluding hydrogens is 333 g/mol. The van der Waals surface area contributed by atoms with Crippen molar-refractivity contribution in [3.8, 4) is 6.07 Å². The third kappa shape index (κ3) is 3.96. The zero-order valence-corrected chi connectivity index (χ0v) is 13.2. The van der Waals surface area contributed by atoms with Gasteiger partial charge in [-0.15, -0.1) is 10.2 Å². The summed E-state index contributed by atoms with van der Waals surface area (Å²) in [6.07, 6.45) is -2.70. The molecule has 0 atom stereocenters. The van der Waals surface area contributed by atoms with Crippen molar-refractivity contribution in [2.24, 2.45) is 0 Å². The van der Waals surface area contributed by atoms with Crippen molar-refractivity contribution in [2.75, 3.05) is 36.0 Å². The highest BCUT2D eigenvalue weighted by Gasteiger charge is 2.31. The number of hydrogen-bond donors (Lipinski definition) is 0. The Morgan fingerprint density at radius 1 is 0.920 bits per heavy atom. The predicted molar refractivity (Wildman–Crippen MR) is 85.0 cm³/mol. The highest BCUT2D eigenvalue weighted by molar-refractivity contribution is 5.43. The molecule has 1 fully saturated rings. The van der Waals surface area contributed by atoms with E-state index in [1.54, 1.807) is 12.1 Å². The normalized spacial score (nSPS) is 15.6. The molecule has 25 heavy (non-hydrogen) atoms. The van der Waals surface area contributed by atoms with E-state index in [0.29, 0.717) is 31.3 Å². The largest absolute Gasteiger partial charge is 0.417 e. The van der Waals surface area contributed by atoms with Crippen molar-refractivity contribution in [2.45, 2.75) is 12.6 Å². The van der Waals surface area contributed by atoms with Gasteiger partial charge < -0.3 is 9.80 Å². The SMILES string of the molecule is N#Cc1ccc(N2CCCN(c3ccc(C(F)(F)F)cn3)CC2)nn1. The highest BCUT2D eigenvalue weighted by Crippen LogP contribution is 2.29. The quantitative estimate of drug-likeness (QED) is 0.831. The molecule has 0 saturated carbocycles. The molecule has 1 aliphatic rings. The molecule has 0 unspecified atom stereocenters. The van der Waals surface area contributed by atoms with E-state index in [1.165, 1.54) is 6.07 Å². The van der Waals surface area contributed by atoms with E-state index in [2.05, 4.69) is 15.2 Å². The minimum atomic E-state index is -4.38. The molecule has 0 spiro atoms. The summed E-state index contributed by atoms with van der Waals surface area (Å²) in [5, 5.41) is 16.6. The lowest BCUT2D eigenvalue weighted by atomic mass is 10.2. The van der Waals surface area contributed by atoms with Gasteiger partial charge in [-0.2, -0.15) is 18.4 Å². The molecule has 3 heterocycles. The van der Waals surface area contributed by atoms with Crippen LogP contribution in [-0.2, 0) is 6.18 Å². The van der Waals surface area contributed by atoms with Crippen LogP contribution in [0.2, 0.25) is 0 Å². The summed E-state index contributed by atoms with van der Waals surface area (Å²) >= 11 is 0. The maximum atomic E-state index is 12.6. The lowest BCUT2D eigenvalue weighted by molar-refractivity contribution is -0.137. The summed E-state index contributed by atoms with van der Waals surface area (Å²) in [4.78, 5) is 7.95. The standard InChI is InChI=1S/C16H15F3N6/c17-16(18,19)12-2-4-14(21-11-12)24-6-1-7-25(9-8-24)15-5-3-13(10-20)22-23-15/h2-5,11H,1,6-9H2. The fourth-order valence-corrected chi connectivity index (χ4v) is 2.67. The van der Waals surface area contributed by atoms with Gasteiger partial charge >= 0.3 is 6.18 Å². The minimum absolute atomic E-state index is 0.258. The van der Waals surface area contributed by atoms with Crippen molar-refractivity contribution in [1.29, 1.82) is 5.26 Å². The van der Waals surface area contributed by atoms with Gasteiger partial charge in [0.25, 0.3) is 0 Å². The monoisotopic (exact) mass is 348 g/mol. The fraction of sp³-hybridized carbons (Fsp3) is 0.375. The molecule has 9 heteroatoms. The summed E-state index contributed by atoms with van der Waals surface area (Å²) in [6, 6.07) is 7.74. The van der Waals surface area contributed by atoms with Gasteiger partial charge in [0.15, 0.2) is 11.5 Å². The number of aromatic nitrogens is 3. The van der Waals surface area contributed by atoms with Crippen LogP contribution >= 0.6 is 0 Å². The van der Waals surface area contributed by atoms with Gasteiger partial charge in [0.1, 0.15) is 11.9 Å². The summed E-state index contributed by atoms with van der Waals surface area (Å²) in [6.45, 7) is 2.69. The van der Waals surface area contributed by atoms with Crippen LogP contribution in [0.3, 0.4) is 0 Å². The average molecular weight is 348 g/mol. The first-order chi connectivity index (χ1) is 12.0. The van der Waals surface area contributed by atoms with Crippen molar-refractivity contribution in [1.82, 2.24) is 15.2 Å². The third-order valence-electron chi connectivity index (χ3n) is 3.98. The van der Waals surface area contributed by atoms with Gasteiger partial charge in [0.2, 0.25) is 0 Å². The van der Waals surface area contributed by atoms with Crippen LogP contribution in [0.25, 0.3) is 0 Å². The molecule has 0 aliphatic carbocycles. The summed E-state index contributed by atoms with van der Waals surface area (Å²) in [7, 11) is 0. The van der Waals surface area contributed by atoms with Crippen molar-refractivity contribution in [3.05, 3.63) is 41.7 Å². The van der Waals surface area contributed by atoms with Gasteiger partial charge in [0.05, 0.1) is 5.56 Å². The van der Waals surface area contributed by atoms with Crippen LogP contribution in [0.15, 0.2) is 30.5 Å². The molecule has 0 amide bonds. The van der Waals surface area contributed by atoms with Crippen molar-refractivity contribution < 1.29 is 13.2 Å². The number of alkyl halides is 3. The molecule has 1 saturated heterocycles. The zero-order chi connectivity index (χ0) is 17.9. The second-order valence-electron chi connectivity index (χ2n) is 5.62. The van der Waals surface area contributed by atoms with E-state index < -0.39 is 11.7 Å². The Labute approximate surface area is 142 Å². The number of rotatable bonds is 2. The summed E-state index contributed by atoms with van der Waals surface area (Å²) in [5.41, 5.74) is -0.491. The second-order valence-corrected chi connectivity index (χ2v) is 5.62. The second kappa shape index (κ2) is 6.93. The highest BCUT2D eigenvalue weighted by atomic mass is 19.4. The number of hydrogen-bond acceptors (Lipinski definition) is 6. The van der Waals surface area contributed by atoms with Gasteiger partial charge in [-0.3, -0.25) is 0 Å². The number of anilines is 2. The topological polar surface area (TPSA) is 68.9 Å². The smallest absolute Gasteiger partial charge is 0.355 e. The summed E-state index contributed by atoms with van der Waals surface area (Å²) < 4.78 is 37.9. The van der Waals surface area contributed by atoms with E-state index in [0.717, 1.165) is 25.2 Å². The molecule has 6 nitrogen and oxygen atoms in total. The first-order valence-electron chi connectivity index (χ1n) is 7.74. The van der Waals surface area contributed by atoms with Crippen molar-refractivity contribution >= 4 is 11.6 Å². The van der Waals surface area contributed by atoms with Gasteiger partial charge in [-0.25, -0.2) is 4.98 Å². The first kappa shape index (κ1) is 17.0. The third-order valence-corrected chi connectivity index (χ3v) is 3.98. The number of halogens is 3. The molecule has 0 N–H and O–H groups in total. The Morgan fingerprint density at radius 3 is 2.12 bits per heavy atom. The molecule has 130 valence electrons. The lowest BCUT2D eigenvalue weighted by Crippen LogP contribution is -2.31. The molecule has 2 aromatic rings. The molecule has 1 aliphatic heterocycles. The number of pyridine rings is 1. The van der Waals surface area contributed by atoms with E-state index in [9.17, 15) is 13.2 Å². The van der Waals surface area contributed by atoms with Crippen LogP contribution in [0.4, 0.5) is 24.8 Å². The van der Waals surface area contributed by atoms with Crippen LogP contribution < -0.4 is 9.80 Å². The Kier molecular flexibility index (Phi) is 4.70. The van der Waals surface area contributed by atoms with Gasteiger partial charge in [-0.1, -0.05) is 0 Å². The van der Waals surface area contributed by atoms with Crippen LogP contribution in [0.5, 0.6) is 0 Å². The number of nitriles is 1. The van der Waals surface area contributed by atoms with E-state index in [-0.39, 0.29) is 5.69 Å². The van der Waals surface area contributed by atoms with E-state index in [4.69, 9.17) is 5.26 Å². The van der Waals surface area contributed by atoms with Crippen LogP contribution in [0, 0.1) is 11.3 Å². The Morgan fingerprint density at radius 2 is 1.60 bits per heavy atom. The average Bonchev–Trinajstić information content (AvgIpc) is 2.87. The maximum Gasteiger partial charge on any atom is 0.417 e. The molecule has 2 aromatic heterocycles. The van der Waals surface area contributed by atoms with Crippen molar-refractivity contribution in [3.63, 3.8) is 0 Å². The molecule has 0 aromatic carbocycles. The summed E-state index contributed by atoms with van der Waals surface area (Å²) in [5.74, 6) is 1.21. The first-order valence-corrected chi connectivity index (χ1v) is 7.74. The van der Waals surface area contributed by atoms with E-state index >= 15 is 0 Å². The Bertz CT molecular complexity index is 751. The van der Waals surface area contributed by atoms with E-state index in [1.807, 2.05) is 15.9 Å². The molecule has 0 radical (unpaired) electrons. The molecule has 3 rings (SSSR count). The van der Waals surface area contributed by atoms with Gasteiger partial charge in [-0.05, 0) is 30.7 Å². The maximum absolute atomic E-state index is 12.6. The molecule has 0 bridgehead atoms. The Balaban J connectivity index is 1.68. The van der Waals surface area contributed by atoms with Gasteiger partial charge in [0, 0.05) is 32.4 Å². The van der Waals surface area contributed by atoms with Crippen LogP contribution in [0.1, 0.15) is 17.7 Å². The lowest BCUT2D eigenvalue weighted by Gasteiger charge is -2.23. The predicted octanol–water partition coefficient (Wildman–Crippen LogP) is 2.48. The minimum Gasteiger partial charge on any atom is -0.355 e. The number of nitrogens with zero attached hydrogens (tertiary/aromatic N) is 6. The fourth-order valence-electron chi connectivity index (χ4n) is 2.67. The molecular formula is C16H15F3N6.